The molecule has 2 aromatic carbocycles. The van der Waals surface area contributed by atoms with Crippen molar-refractivity contribution in [2.45, 2.75) is 39.5 Å². The fraction of sp³-hybridized carbons (Fsp3) is 0.280. The van der Waals surface area contributed by atoms with Crippen LogP contribution in [0.3, 0.4) is 0 Å². The minimum absolute atomic E-state index is 0.0485. The second kappa shape index (κ2) is 7.76. The summed E-state index contributed by atoms with van der Waals surface area (Å²) in [7, 11) is 0. The van der Waals surface area contributed by atoms with Crippen LogP contribution in [0.25, 0.3) is 0 Å². The second-order valence-electron chi connectivity index (χ2n) is 8.95. The highest BCUT2D eigenvalue weighted by Gasteiger charge is 2.42. The molecule has 0 fully saturated rings. The van der Waals surface area contributed by atoms with Gasteiger partial charge in [0.2, 0.25) is 0 Å². The van der Waals surface area contributed by atoms with E-state index in [4.69, 9.17) is 0 Å². The van der Waals surface area contributed by atoms with Crippen LogP contribution in [0.5, 0.6) is 0 Å². The quantitative estimate of drug-likeness (QED) is 0.714. The van der Waals surface area contributed by atoms with E-state index in [1.807, 2.05) is 13.8 Å². The standard InChI is InChI=1S/C25H24F2N2O2/c1-14-21(24(31)29-18-9-7-16(26)8-10-18)22(15-5-4-6-17(27)11-15)23-19(28-14)12-25(2,3)13-20(23)30/h4-11,22,28H,12-13H2,1-3H3,(H,29,31). The molecule has 1 amide bonds. The van der Waals surface area contributed by atoms with Crippen molar-refractivity contribution in [3.05, 3.63) is 88.3 Å². The van der Waals surface area contributed by atoms with Gasteiger partial charge < -0.3 is 10.6 Å². The van der Waals surface area contributed by atoms with Crippen LogP contribution in [-0.4, -0.2) is 11.7 Å². The number of nitrogens with one attached hydrogen (secondary N) is 2. The molecule has 0 saturated carbocycles. The van der Waals surface area contributed by atoms with Gasteiger partial charge in [0.25, 0.3) is 5.91 Å². The van der Waals surface area contributed by atoms with Crippen molar-refractivity contribution in [1.29, 1.82) is 0 Å². The van der Waals surface area contributed by atoms with E-state index in [0.717, 1.165) is 5.70 Å². The zero-order valence-electron chi connectivity index (χ0n) is 17.7. The first kappa shape index (κ1) is 21.0. The van der Waals surface area contributed by atoms with Gasteiger partial charge in [0, 0.05) is 40.6 Å². The van der Waals surface area contributed by atoms with Gasteiger partial charge in [-0.15, -0.1) is 0 Å². The maximum atomic E-state index is 14.1. The van der Waals surface area contributed by atoms with E-state index >= 15 is 0 Å². The molecule has 0 saturated heterocycles. The summed E-state index contributed by atoms with van der Waals surface area (Å²) in [4.78, 5) is 26.5. The Hall–Kier alpha value is -3.28. The van der Waals surface area contributed by atoms with Crippen molar-refractivity contribution in [3.8, 4) is 0 Å². The van der Waals surface area contributed by atoms with E-state index in [-0.39, 0.29) is 11.2 Å². The molecule has 0 radical (unpaired) electrons. The second-order valence-corrected chi connectivity index (χ2v) is 8.95. The molecule has 6 heteroatoms. The molecule has 1 aliphatic carbocycles. The van der Waals surface area contributed by atoms with Crippen LogP contribution in [-0.2, 0) is 9.59 Å². The first-order valence-electron chi connectivity index (χ1n) is 10.2. The number of carbonyl (C=O) groups excluding carboxylic acids is 2. The predicted molar refractivity (Wildman–Crippen MR) is 115 cm³/mol. The van der Waals surface area contributed by atoms with Gasteiger partial charge in [0.1, 0.15) is 11.6 Å². The lowest BCUT2D eigenvalue weighted by molar-refractivity contribution is -0.118. The zero-order valence-corrected chi connectivity index (χ0v) is 17.7. The molecule has 1 heterocycles. The molecule has 2 aromatic rings. The fourth-order valence-electron chi connectivity index (χ4n) is 4.49. The van der Waals surface area contributed by atoms with Crippen LogP contribution in [0.2, 0.25) is 0 Å². The predicted octanol–water partition coefficient (Wildman–Crippen LogP) is 5.21. The Bertz CT molecular complexity index is 1130. The SMILES string of the molecule is CC1=C(C(=O)Nc2ccc(F)cc2)C(c2cccc(F)c2)C2=C(CC(C)(C)CC2=O)N1. The Morgan fingerprint density at radius 2 is 1.77 bits per heavy atom. The number of benzene rings is 2. The number of rotatable bonds is 3. The number of ketones is 1. The molecule has 31 heavy (non-hydrogen) atoms. The minimum atomic E-state index is -0.684. The number of anilines is 1. The highest BCUT2D eigenvalue weighted by atomic mass is 19.1. The van der Waals surface area contributed by atoms with Gasteiger partial charge in [-0.25, -0.2) is 8.78 Å². The largest absolute Gasteiger partial charge is 0.362 e. The number of hydrogen-bond donors (Lipinski definition) is 2. The van der Waals surface area contributed by atoms with Crippen molar-refractivity contribution < 1.29 is 18.4 Å². The van der Waals surface area contributed by atoms with Crippen LogP contribution in [0, 0.1) is 17.0 Å². The van der Waals surface area contributed by atoms with E-state index in [1.54, 1.807) is 19.1 Å². The molecule has 0 spiro atoms. The highest BCUT2D eigenvalue weighted by Crippen LogP contribution is 2.46. The molecule has 160 valence electrons. The van der Waals surface area contributed by atoms with Crippen molar-refractivity contribution in [3.63, 3.8) is 0 Å². The molecule has 1 aliphatic heterocycles. The topological polar surface area (TPSA) is 58.2 Å². The summed E-state index contributed by atoms with van der Waals surface area (Å²) >= 11 is 0. The van der Waals surface area contributed by atoms with Gasteiger partial charge >= 0.3 is 0 Å². The van der Waals surface area contributed by atoms with Gasteiger partial charge in [-0.3, -0.25) is 9.59 Å². The number of hydrogen-bond acceptors (Lipinski definition) is 3. The first-order valence-corrected chi connectivity index (χ1v) is 10.2. The normalized spacial score (nSPS) is 20.3. The van der Waals surface area contributed by atoms with Gasteiger partial charge in [-0.2, -0.15) is 0 Å². The smallest absolute Gasteiger partial charge is 0.254 e. The van der Waals surface area contributed by atoms with Gasteiger partial charge in [0.15, 0.2) is 5.78 Å². The fourth-order valence-corrected chi connectivity index (χ4v) is 4.49. The average molecular weight is 422 g/mol. The molecule has 4 rings (SSSR count). The molecule has 1 unspecified atom stereocenters. The van der Waals surface area contributed by atoms with Crippen molar-refractivity contribution in [2.75, 3.05) is 5.32 Å². The van der Waals surface area contributed by atoms with Crippen LogP contribution >= 0.6 is 0 Å². The molecule has 4 nitrogen and oxygen atoms in total. The van der Waals surface area contributed by atoms with E-state index in [0.29, 0.717) is 40.9 Å². The monoisotopic (exact) mass is 422 g/mol. The van der Waals surface area contributed by atoms with Crippen LogP contribution in [0.4, 0.5) is 14.5 Å². The van der Waals surface area contributed by atoms with E-state index in [9.17, 15) is 18.4 Å². The zero-order chi connectivity index (χ0) is 22.3. The van der Waals surface area contributed by atoms with Gasteiger partial charge in [-0.1, -0.05) is 26.0 Å². The van der Waals surface area contributed by atoms with Crippen molar-refractivity contribution in [2.24, 2.45) is 5.41 Å². The molecule has 2 N–H and O–H groups in total. The Balaban J connectivity index is 1.80. The lowest BCUT2D eigenvalue weighted by Gasteiger charge is -2.39. The van der Waals surface area contributed by atoms with Gasteiger partial charge in [0.05, 0.1) is 0 Å². The molecular formula is C25H24F2N2O2. The summed E-state index contributed by atoms with van der Waals surface area (Å²) < 4.78 is 27.3. The number of amides is 1. The Morgan fingerprint density at radius 1 is 1.06 bits per heavy atom. The first-order chi connectivity index (χ1) is 14.6. The lowest BCUT2D eigenvalue weighted by Crippen LogP contribution is -2.39. The minimum Gasteiger partial charge on any atom is -0.362 e. The van der Waals surface area contributed by atoms with Crippen LogP contribution in [0.15, 0.2) is 71.1 Å². The highest BCUT2D eigenvalue weighted by molar-refractivity contribution is 6.09. The average Bonchev–Trinajstić information content (AvgIpc) is 2.67. The summed E-state index contributed by atoms with van der Waals surface area (Å²) in [6.45, 7) is 5.84. The van der Waals surface area contributed by atoms with E-state index in [1.165, 1.54) is 36.4 Å². The third kappa shape index (κ3) is 4.15. The Kier molecular flexibility index (Phi) is 5.25. The number of halogens is 2. The Morgan fingerprint density at radius 3 is 2.45 bits per heavy atom. The van der Waals surface area contributed by atoms with Crippen molar-refractivity contribution >= 4 is 17.4 Å². The lowest BCUT2D eigenvalue weighted by atomic mass is 9.68. The maximum absolute atomic E-state index is 14.1. The molecule has 1 atom stereocenters. The molecular weight excluding hydrogens is 398 g/mol. The third-order valence-electron chi connectivity index (χ3n) is 5.77. The van der Waals surface area contributed by atoms with Gasteiger partial charge in [-0.05, 0) is 60.7 Å². The number of Topliss-reactive ketones (excluding diaryl/α,β-unsaturated/α-hetero) is 1. The van der Waals surface area contributed by atoms with Crippen molar-refractivity contribution in [1.82, 2.24) is 5.32 Å². The molecule has 0 bridgehead atoms. The van der Waals surface area contributed by atoms with Crippen LogP contribution in [0.1, 0.15) is 45.1 Å². The summed E-state index contributed by atoms with van der Waals surface area (Å²) in [5, 5.41) is 6.05. The number of dihydropyridines is 1. The Labute approximate surface area is 180 Å². The number of carbonyl (C=O) groups is 2. The van der Waals surface area contributed by atoms with E-state index < -0.39 is 23.5 Å². The third-order valence-corrected chi connectivity index (χ3v) is 5.77. The van der Waals surface area contributed by atoms with E-state index in [2.05, 4.69) is 10.6 Å². The summed E-state index contributed by atoms with van der Waals surface area (Å²) in [5.74, 6) is -1.99. The summed E-state index contributed by atoms with van der Waals surface area (Å²) in [6.07, 6.45) is 1.01. The summed E-state index contributed by atoms with van der Waals surface area (Å²) in [6, 6.07) is 11.5. The molecule has 0 aromatic heterocycles. The number of allylic oxidation sites excluding steroid dienone is 3. The van der Waals surface area contributed by atoms with Crippen LogP contribution < -0.4 is 10.6 Å². The molecule has 2 aliphatic rings. The maximum Gasteiger partial charge on any atom is 0.254 e. The summed E-state index contributed by atoms with van der Waals surface area (Å²) in [5.41, 5.74) is 3.03.